The van der Waals surface area contributed by atoms with Crippen molar-refractivity contribution in [3.8, 4) is 0 Å². The van der Waals surface area contributed by atoms with E-state index in [1.54, 1.807) is 0 Å². The lowest BCUT2D eigenvalue weighted by Crippen LogP contribution is -2.34. The third-order valence-electron chi connectivity index (χ3n) is 3.71. The van der Waals surface area contributed by atoms with Crippen molar-refractivity contribution in [1.82, 2.24) is 10.6 Å². The number of carbonyl (C=O) groups excluding carboxylic acids is 1. The molecule has 0 heterocycles. The van der Waals surface area contributed by atoms with Gasteiger partial charge in [-0.3, -0.25) is 4.79 Å². The van der Waals surface area contributed by atoms with Gasteiger partial charge in [-0.2, -0.15) is 0 Å². The zero-order valence-corrected chi connectivity index (χ0v) is 12.2. The zero-order valence-electron chi connectivity index (χ0n) is 12.2. The molecule has 1 atom stereocenters. The van der Waals surface area contributed by atoms with Gasteiger partial charge in [-0.15, -0.1) is 0 Å². The molecule has 108 valence electrons. The van der Waals surface area contributed by atoms with Gasteiger partial charge in [0.2, 0.25) is 0 Å². The number of amides is 1. The number of allylic oxidation sites excluding steroid dienone is 2. The minimum atomic E-state index is 0.00685. The van der Waals surface area contributed by atoms with E-state index in [-0.39, 0.29) is 5.91 Å². The van der Waals surface area contributed by atoms with Gasteiger partial charge in [0, 0.05) is 18.7 Å². The second kappa shape index (κ2) is 7.85. The summed E-state index contributed by atoms with van der Waals surface area (Å²) in [7, 11) is 0. The van der Waals surface area contributed by atoms with Crippen LogP contribution in [0.15, 0.2) is 36.4 Å². The Bertz CT molecular complexity index is 451. The molecular formula is C17H24N2O. The predicted molar refractivity (Wildman–Crippen MR) is 82.9 cm³/mol. The Labute approximate surface area is 121 Å². The summed E-state index contributed by atoms with van der Waals surface area (Å²) in [5.74, 6) is 0.764. The van der Waals surface area contributed by atoms with Crippen molar-refractivity contribution in [2.75, 3.05) is 19.6 Å². The average molecular weight is 272 g/mol. The Balaban J connectivity index is 1.59. The van der Waals surface area contributed by atoms with E-state index < -0.39 is 0 Å². The summed E-state index contributed by atoms with van der Waals surface area (Å²) in [4.78, 5) is 11.9. The maximum absolute atomic E-state index is 11.9. The van der Waals surface area contributed by atoms with Gasteiger partial charge in [0.15, 0.2) is 0 Å². The van der Waals surface area contributed by atoms with E-state index in [9.17, 15) is 4.79 Å². The van der Waals surface area contributed by atoms with Crippen LogP contribution in [0.25, 0.3) is 0 Å². The monoisotopic (exact) mass is 272 g/mol. The zero-order chi connectivity index (χ0) is 14.2. The normalized spacial score (nSPS) is 17.9. The van der Waals surface area contributed by atoms with Crippen LogP contribution in [0.3, 0.4) is 0 Å². The maximum atomic E-state index is 11.9. The van der Waals surface area contributed by atoms with Crippen LogP contribution in [0.5, 0.6) is 0 Å². The van der Waals surface area contributed by atoms with Crippen molar-refractivity contribution >= 4 is 5.91 Å². The van der Waals surface area contributed by atoms with E-state index in [0.717, 1.165) is 24.6 Å². The Kier molecular flexibility index (Phi) is 5.81. The molecule has 1 amide bonds. The first-order chi connectivity index (χ1) is 9.75. The highest BCUT2D eigenvalue weighted by atomic mass is 16.1. The van der Waals surface area contributed by atoms with Crippen LogP contribution in [-0.2, 0) is 0 Å². The van der Waals surface area contributed by atoms with E-state index >= 15 is 0 Å². The summed E-state index contributed by atoms with van der Waals surface area (Å²) in [6.07, 6.45) is 8.20. The lowest BCUT2D eigenvalue weighted by Gasteiger charge is -2.18. The third-order valence-corrected chi connectivity index (χ3v) is 3.71. The van der Waals surface area contributed by atoms with Crippen LogP contribution in [0.4, 0.5) is 0 Å². The second-order valence-electron chi connectivity index (χ2n) is 5.48. The van der Waals surface area contributed by atoms with Gasteiger partial charge in [-0.25, -0.2) is 0 Å². The Morgan fingerprint density at radius 3 is 2.70 bits per heavy atom. The van der Waals surface area contributed by atoms with Crippen LogP contribution >= 0.6 is 0 Å². The molecule has 2 rings (SSSR count). The van der Waals surface area contributed by atoms with E-state index in [0.29, 0.717) is 6.54 Å². The maximum Gasteiger partial charge on any atom is 0.251 e. The molecule has 1 aliphatic carbocycles. The molecule has 20 heavy (non-hydrogen) atoms. The number of nitrogens with one attached hydrogen (secondary N) is 2. The molecule has 1 unspecified atom stereocenters. The Morgan fingerprint density at radius 2 is 2.00 bits per heavy atom. The molecule has 0 saturated carbocycles. The minimum absolute atomic E-state index is 0.00685. The van der Waals surface area contributed by atoms with Crippen LogP contribution in [0.2, 0.25) is 0 Å². The molecule has 0 fully saturated rings. The van der Waals surface area contributed by atoms with Gasteiger partial charge in [-0.1, -0.05) is 29.8 Å². The topological polar surface area (TPSA) is 41.1 Å². The average Bonchev–Trinajstić information content (AvgIpc) is 2.48. The molecule has 2 N–H and O–H groups in total. The molecular weight excluding hydrogens is 248 g/mol. The van der Waals surface area contributed by atoms with Gasteiger partial charge in [0.25, 0.3) is 5.91 Å². The lowest BCUT2D eigenvalue weighted by atomic mass is 9.94. The van der Waals surface area contributed by atoms with Crippen LogP contribution < -0.4 is 10.6 Å². The van der Waals surface area contributed by atoms with E-state index in [4.69, 9.17) is 0 Å². The van der Waals surface area contributed by atoms with E-state index in [1.807, 2.05) is 31.2 Å². The standard InChI is InChI=1S/C17H24N2O/c1-14-7-9-16(10-8-14)17(20)19-12-11-18-13-15-5-3-2-4-6-15/h2-3,7-10,15,18H,4-6,11-13H2,1H3,(H,19,20). The summed E-state index contributed by atoms with van der Waals surface area (Å²) in [6.45, 7) is 4.57. The lowest BCUT2D eigenvalue weighted by molar-refractivity contribution is 0.0954. The third kappa shape index (κ3) is 4.82. The fourth-order valence-corrected chi connectivity index (χ4v) is 2.42. The number of benzene rings is 1. The summed E-state index contributed by atoms with van der Waals surface area (Å²) in [5.41, 5.74) is 1.90. The van der Waals surface area contributed by atoms with Crippen molar-refractivity contribution in [2.24, 2.45) is 5.92 Å². The molecule has 0 radical (unpaired) electrons. The Hall–Kier alpha value is -1.61. The molecule has 0 aromatic heterocycles. The largest absolute Gasteiger partial charge is 0.351 e. The highest BCUT2D eigenvalue weighted by Gasteiger charge is 2.09. The van der Waals surface area contributed by atoms with Gasteiger partial charge in [0.05, 0.1) is 0 Å². The summed E-state index contributed by atoms with van der Waals surface area (Å²) in [6, 6.07) is 7.66. The number of carbonyl (C=O) groups is 1. The van der Waals surface area contributed by atoms with Crippen molar-refractivity contribution in [3.05, 3.63) is 47.5 Å². The Morgan fingerprint density at radius 1 is 1.20 bits per heavy atom. The van der Waals surface area contributed by atoms with Crippen LogP contribution in [0, 0.1) is 12.8 Å². The van der Waals surface area contributed by atoms with Crippen LogP contribution in [0.1, 0.15) is 35.2 Å². The van der Waals surface area contributed by atoms with Crippen molar-refractivity contribution in [3.63, 3.8) is 0 Å². The van der Waals surface area contributed by atoms with Gasteiger partial charge < -0.3 is 10.6 Å². The smallest absolute Gasteiger partial charge is 0.251 e. The van der Waals surface area contributed by atoms with Gasteiger partial charge in [0.1, 0.15) is 0 Å². The molecule has 1 aromatic carbocycles. The molecule has 1 aliphatic rings. The number of rotatable bonds is 6. The molecule has 3 heteroatoms. The molecule has 0 saturated heterocycles. The fourth-order valence-electron chi connectivity index (χ4n) is 2.42. The van der Waals surface area contributed by atoms with Crippen molar-refractivity contribution < 1.29 is 4.79 Å². The number of hydrogen-bond acceptors (Lipinski definition) is 2. The van der Waals surface area contributed by atoms with Gasteiger partial charge in [-0.05, 0) is 50.8 Å². The SMILES string of the molecule is Cc1ccc(C(=O)NCCNCC2CC=CCC2)cc1. The summed E-state index contributed by atoms with van der Waals surface area (Å²) >= 11 is 0. The molecule has 1 aromatic rings. The second-order valence-corrected chi connectivity index (χ2v) is 5.48. The first-order valence-corrected chi connectivity index (χ1v) is 7.46. The molecule has 0 aliphatic heterocycles. The van der Waals surface area contributed by atoms with E-state index in [1.165, 1.54) is 24.8 Å². The molecule has 3 nitrogen and oxygen atoms in total. The summed E-state index contributed by atoms with van der Waals surface area (Å²) in [5, 5.41) is 6.36. The molecule has 0 bridgehead atoms. The van der Waals surface area contributed by atoms with E-state index in [2.05, 4.69) is 22.8 Å². The van der Waals surface area contributed by atoms with Gasteiger partial charge >= 0.3 is 0 Å². The number of aryl methyl sites for hydroxylation is 1. The summed E-state index contributed by atoms with van der Waals surface area (Å²) < 4.78 is 0. The minimum Gasteiger partial charge on any atom is -0.351 e. The highest BCUT2D eigenvalue weighted by Crippen LogP contribution is 2.16. The first-order valence-electron chi connectivity index (χ1n) is 7.46. The van der Waals surface area contributed by atoms with Crippen molar-refractivity contribution in [1.29, 1.82) is 0 Å². The van der Waals surface area contributed by atoms with Crippen LogP contribution in [-0.4, -0.2) is 25.5 Å². The number of hydrogen-bond donors (Lipinski definition) is 2. The van der Waals surface area contributed by atoms with Crippen molar-refractivity contribution in [2.45, 2.75) is 26.2 Å². The fraction of sp³-hybridized carbons (Fsp3) is 0.471. The quantitative estimate of drug-likeness (QED) is 0.617. The predicted octanol–water partition coefficient (Wildman–Crippen LogP) is 2.67. The first kappa shape index (κ1) is 14.8. The molecule has 0 spiro atoms. The highest BCUT2D eigenvalue weighted by molar-refractivity contribution is 5.94.